The lowest BCUT2D eigenvalue weighted by molar-refractivity contribution is 0.0523. The van der Waals surface area contributed by atoms with Crippen LogP contribution in [0.3, 0.4) is 0 Å². The second kappa shape index (κ2) is 9.50. The third-order valence-electron chi connectivity index (χ3n) is 6.38. The van der Waals surface area contributed by atoms with Gasteiger partial charge in [0.2, 0.25) is 0 Å². The highest BCUT2D eigenvalue weighted by molar-refractivity contribution is 7.90. The van der Waals surface area contributed by atoms with Crippen LogP contribution in [0.1, 0.15) is 55.1 Å². The molecule has 2 aliphatic rings. The third kappa shape index (κ3) is 5.33. The van der Waals surface area contributed by atoms with Crippen LogP contribution >= 0.6 is 0 Å². The van der Waals surface area contributed by atoms with E-state index in [9.17, 15) is 14.1 Å². The van der Waals surface area contributed by atoms with Gasteiger partial charge < -0.3 is 24.2 Å². The SMILES string of the molecule is C[S+]([O-])c1cccc(C(=O)N2CCC3(CC2)COc2ccc(CNC(=O)OC(C)(C)C)cc23)c1. The maximum Gasteiger partial charge on any atom is 0.407 e. The molecule has 1 unspecified atom stereocenters. The monoisotopic (exact) mass is 484 g/mol. The van der Waals surface area contributed by atoms with E-state index in [1.165, 1.54) is 0 Å². The van der Waals surface area contributed by atoms with Crippen molar-refractivity contribution in [3.8, 4) is 5.75 Å². The maximum atomic E-state index is 13.1. The largest absolute Gasteiger partial charge is 0.612 e. The van der Waals surface area contributed by atoms with Crippen LogP contribution in [0.2, 0.25) is 0 Å². The molecule has 1 saturated heterocycles. The zero-order chi connectivity index (χ0) is 24.5. The lowest BCUT2D eigenvalue weighted by Gasteiger charge is -2.38. The first-order valence-corrected chi connectivity index (χ1v) is 13.1. The normalized spacial score (nSPS) is 17.6. The van der Waals surface area contributed by atoms with Gasteiger partial charge in [0.25, 0.3) is 5.91 Å². The fourth-order valence-corrected chi connectivity index (χ4v) is 5.11. The molecular formula is C26H32N2O5S. The first-order chi connectivity index (χ1) is 16.1. The van der Waals surface area contributed by atoms with E-state index in [0.29, 0.717) is 36.7 Å². The van der Waals surface area contributed by atoms with E-state index < -0.39 is 22.9 Å². The van der Waals surface area contributed by atoms with E-state index in [1.807, 2.05) is 37.8 Å². The molecule has 4 rings (SSSR count). The fourth-order valence-electron chi connectivity index (χ4n) is 4.55. The van der Waals surface area contributed by atoms with Crippen LogP contribution in [-0.2, 0) is 27.9 Å². The Bertz CT molecular complexity index is 1070. The first-order valence-electron chi connectivity index (χ1n) is 11.5. The van der Waals surface area contributed by atoms with Gasteiger partial charge in [-0.1, -0.05) is 12.1 Å². The fraction of sp³-hybridized carbons (Fsp3) is 0.462. The van der Waals surface area contributed by atoms with Crippen LogP contribution in [0, 0.1) is 0 Å². The van der Waals surface area contributed by atoms with Crippen LogP contribution in [-0.4, -0.2) is 53.0 Å². The zero-order valence-electron chi connectivity index (χ0n) is 20.2. The Kier molecular flexibility index (Phi) is 6.82. The number of nitrogens with zero attached hydrogens (tertiary/aromatic N) is 1. The van der Waals surface area contributed by atoms with Crippen molar-refractivity contribution < 1.29 is 23.6 Å². The summed E-state index contributed by atoms with van der Waals surface area (Å²) in [5.74, 6) is 0.843. The van der Waals surface area contributed by atoms with E-state index >= 15 is 0 Å². The summed E-state index contributed by atoms with van der Waals surface area (Å²) in [5.41, 5.74) is 2.02. The summed E-state index contributed by atoms with van der Waals surface area (Å²) in [6.07, 6.45) is 2.77. The molecule has 1 spiro atoms. The smallest absolute Gasteiger partial charge is 0.407 e. The molecule has 7 nitrogen and oxygen atoms in total. The Morgan fingerprint density at radius 3 is 2.59 bits per heavy atom. The van der Waals surface area contributed by atoms with E-state index in [0.717, 1.165) is 29.7 Å². The highest BCUT2D eigenvalue weighted by Gasteiger charge is 2.44. The molecule has 0 bridgehead atoms. The molecule has 2 aromatic carbocycles. The average molecular weight is 485 g/mol. The number of amides is 2. The summed E-state index contributed by atoms with van der Waals surface area (Å²) < 4.78 is 23.1. The molecule has 0 aliphatic carbocycles. The van der Waals surface area contributed by atoms with Crippen molar-refractivity contribution in [1.82, 2.24) is 10.2 Å². The molecule has 182 valence electrons. The highest BCUT2D eigenvalue weighted by atomic mass is 32.2. The van der Waals surface area contributed by atoms with Crippen molar-refractivity contribution in [2.75, 3.05) is 26.0 Å². The van der Waals surface area contributed by atoms with Gasteiger partial charge in [-0.25, -0.2) is 4.79 Å². The van der Waals surface area contributed by atoms with E-state index in [2.05, 4.69) is 11.4 Å². The number of likely N-dealkylation sites (tertiary alicyclic amines) is 1. The van der Waals surface area contributed by atoms with Crippen molar-refractivity contribution in [1.29, 1.82) is 0 Å². The van der Waals surface area contributed by atoms with Crippen molar-refractivity contribution in [3.05, 3.63) is 59.2 Å². The molecule has 2 amide bonds. The second-order valence-corrected chi connectivity index (χ2v) is 11.4. The molecule has 34 heavy (non-hydrogen) atoms. The predicted molar refractivity (Wildman–Crippen MR) is 131 cm³/mol. The number of alkyl carbamates (subject to hydrolysis) is 1. The zero-order valence-corrected chi connectivity index (χ0v) is 21.0. The quantitative estimate of drug-likeness (QED) is 0.662. The molecule has 0 radical (unpaired) electrons. The average Bonchev–Trinajstić information content (AvgIpc) is 3.14. The van der Waals surface area contributed by atoms with E-state index in [-0.39, 0.29) is 11.3 Å². The molecule has 1 N–H and O–H groups in total. The van der Waals surface area contributed by atoms with Crippen LogP contribution in [0.15, 0.2) is 47.4 Å². The summed E-state index contributed by atoms with van der Waals surface area (Å²) in [7, 11) is 0. The summed E-state index contributed by atoms with van der Waals surface area (Å²) in [4.78, 5) is 27.6. The van der Waals surface area contributed by atoms with Gasteiger partial charge in [0.05, 0.1) is 6.61 Å². The molecule has 2 heterocycles. The van der Waals surface area contributed by atoms with E-state index in [4.69, 9.17) is 9.47 Å². The third-order valence-corrected chi connectivity index (χ3v) is 7.29. The second-order valence-electron chi connectivity index (χ2n) is 10.0. The molecule has 0 aromatic heterocycles. The number of carbonyl (C=O) groups is 2. The molecule has 0 saturated carbocycles. The Balaban J connectivity index is 1.42. The number of nitrogens with one attached hydrogen (secondary N) is 1. The summed E-state index contributed by atoms with van der Waals surface area (Å²) in [5, 5.41) is 2.81. The topological polar surface area (TPSA) is 90.9 Å². The van der Waals surface area contributed by atoms with Crippen molar-refractivity contribution in [3.63, 3.8) is 0 Å². The minimum Gasteiger partial charge on any atom is -0.612 e. The van der Waals surface area contributed by atoms with Gasteiger partial charge in [0.1, 0.15) is 17.6 Å². The molecule has 1 atom stereocenters. The predicted octanol–water partition coefficient (Wildman–Crippen LogP) is 4.02. The minimum absolute atomic E-state index is 0.0309. The van der Waals surface area contributed by atoms with Gasteiger partial charge in [-0.3, -0.25) is 4.79 Å². The lowest BCUT2D eigenvalue weighted by atomic mass is 9.74. The number of piperidine rings is 1. The number of hydrogen-bond acceptors (Lipinski definition) is 5. The standard InChI is InChI=1S/C26H32N2O5S/c1-25(2,3)33-24(30)27-16-18-8-9-22-21(14-18)26(17-32-22)10-12-28(13-11-26)23(29)19-6-5-7-20(15-19)34(4)31/h5-9,14-15H,10-13,16-17H2,1-4H3,(H,27,30). The van der Waals surface area contributed by atoms with Gasteiger partial charge in [-0.2, -0.15) is 0 Å². The summed E-state index contributed by atoms with van der Waals surface area (Å²) in [6, 6.07) is 13.1. The summed E-state index contributed by atoms with van der Waals surface area (Å²) >= 11 is -1.13. The number of carbonyl (C=O) groups excluding carboxylic acids is 2. The van der Waals surface area contributed by atoms with Crippen molar-refractivity contribution in [2.24, 2.45) is 0 Å². The number of fused-ring (bicyclic) bond motifs is 2. The highest BCUT2D eigenvalue weighted by Crippen LogP contribution is 2.46. The number of ether oxygens (including phenoxy) is 2. The maximum absolute atomic E-state index is 13.1. The molecule has 1 fully saturated rings. The van der Waals surface area contributed by atoms with Crippen LogP contribution < -0.4 is 10.1 Å². The van der Waals surface area contributed by atoms with Crippen LogP contribution in [0.4, 0.5) is 4.79 Å². The van der Waals surface area contributed by atoms with Gasteiger partial charge >= 0.3 is 6.09 Å². The molecule has 2 aliphatic heterocycles. The van der Waals surface area contributed by atoms with Gasteiger partial charge in [-0.15, -0.1) is 0 Å². The van der Waals surface area contributed by atoms with E-state index in [1.54, 1.807) is 30.5 Å². The van der Waals surface area contributed by atoms with Gasteiger partial charge in [0.15, 0.2) is 4.90 Å². The Morgan fingerprint density at radius 2 is 1.91 bits per heavy atom. The number of rotatable bonds is 4. The molecule has 8 heteroatoms. The Labute approximate surface area is 204 Å². The number of hydrogen-bond donors (Lipinski definition) is 1. The Morgan fingerprint density at radius 1 is 1.18 bits per heavy atom. The van der Waals surface area contributed by atoms with Crippen molar-refractivity contribution >= 4 is 23.2 Å². The lowest BCUT2D eigenvalue weighted by Crippen LogP contribution is -2.46. The Hall–Kier alpha value is -2.71. The van der Waals surface area contributed by atoms with Crippen LogP contribution in [0.5, 0.6) is 5.75 Å². The minimum atomic E-state index is -1.13. The van der Waals surface area contributed by atoms with Gasteiger partial charge in [-0.05, 0) is 74.6 Å². The van der Waals surface area contributed by atoms with Crippen molar-refractivity contribution in [2.45, 2.75) is 56.1 Å². The first kappa shape index (κ1) is 24.4. The number of benzene rings is 2. The molecule has 2 aromatic rings. The van der Waals surface area contributed by atoms with Gasteiger partial charge in [0, 0.05) is 42.2 Å². The molecular weight excluding hydrogens is 452 g/mol. The summed E-state index contributed by atoms with van der Waals surface area (Å²) in [6.45, 7) is 7.73. The van der Waals surface area contributed by atoms with Crippen LogP contribution in [0.25, 0.3) is 0 Å².